The third-order valence-corrected chi connectivity index (χ3v) is 7.43. The van der Waals surface area contributed by atoms with Crippen LogP contribution in [-0.4, -0.2) is 45.9 Å². The minimum Gasteiger partial charge on any atom is -0.465 e. The minimum atomic E-state index is -0.613. The molecule has 42 heavy (non-hydrogen) atoms. The fourth-order valence-electron chi connectivity index (χ4n) is 5.08. The van der Waals surface area contributed by atoms with Crippen molar-refractivity contribution in [2.24, 2.45) is 5.92 Å². The largest absolute Gasteiger partial charge is 0.465 e. The molecule has 0 saturated carbocycles. The molecule has 10 nitrogen and oxygen atoms in total. The number of benzene rings is 3. The van der Waals surface area contributed by atoms with Crippen LogP contribution in [0.4, 0.5) is 4.79 Å². The van der Waals surface area contributed by atoms with Gasteiger partial charge in [-0.2, -0.15) is 0 Å². The van der Waals surface area contributed by atoms with E-state index in [-0.39, 0.29) is 44.4 Å². The molecule has 0 radical (unpaired) electrons. The van der Waals surface area contributed by atoms with E-state index in [4.69, 9.17) is 14.2 Å². The molecule has 1 aliphatic heterocycles. The number of urea groups is 1. The van der Waals surface area contributed by atoms with Crippen molar-refractivity contribution in [2.45, 2.75) is 52.0 Å². The highest BCUT2D eigenvalue weighted by Crippen LogP contribution is 2.42. The van der Waals surface area contributed by atoms with Crippen LogP contribution >= 0.6 is 0 Å². The molecule has 3 N–H and O–H groups in total. The summed E-state index contributed by atoms with van der Waals surface area (Å²) in [6.07, 6.45) is 0.827. The summed E-state index contributed by atoms with van der Waals surface area (Å²) in [6.45, 7) is 4.80. The Morgan fingerprint density at radius 3 is 2.40 bits per heavy atom. The Morgan fingerprint density at radius 2 is 1.67 bits per heavy atom. The van der Waals surface area contributed by atoms with Crippen molar-refractivity contribution in [2.75, 3.05) is 13.2 Å². The van der Waals surface area contributed by atoms with Crippen molar-refractivity contribution in [3.63, 3.8) is 0 Å². The van der Waals surface area contributed by atoms with Crippen LogP contribution < -0.4 is 10.6 Å². The molecule has 4 unspecified atom stereocenters. The van der Waals surface area contributed by atoms with Crippen LogP contribution in [0.15, 0.2) is 79.1 Å². The fourth-order valence-corrected chi connectivity index (χ4v) is 5.08. The number of rotatable bonds is 10. The third kappa shape index (κ3) is 6.96. The first kappa shape index (κ1) is 29.2. The lowest BCUT2D eigenvalue weighted by Crippen LogP contribution is -2.39. The Labute approximate surface area is 244 Å². The van der Waals surface area contributed by atoms with Gasteiger partial charge >= 0.3 is 12.0 Å². The number of esters is 1. The summed E-state index contributed by atoms with van der Waals surface area (Å²) in [7, 11) is 0. The van der Waals surface area contributed by atoms with Crippen LogP contribution in [-0.2, 0) is 38.7 Å². The number of fused-ring (bicyclic) bond motifs is 1. The average Bonchev–Trinajstić information content (AvgIpc) is 3.43. The molecule has 220 valence electrons. The van der Waals surface area contributed by atoms with Crippen LogP contribution in [0.5, 0.6) is 0 Å². The Hall–Kier alpha value is -4.25. The van der Waals surface area contributed by atoms with Crippen molar-refractivity contribution >= 4 is 23.0 Å². The number of para-hydroxylation sites is 2. The van der Waals surface area contributed by atoms with Crippen LogP contribution in [0.3, 0.4) is 0 Å². The number of ether oxygens (including phenoxy) is 3. The lowest BCUT2D eigenvalue weighted by atomic mass is 9.90. The molecule has 1 saturated heterocycles. The van der Waals surface area contributed by atoms with Gasteiger partial charge in [0.25, 0.3) is 0 Å². The number of imidazole rings is 1. The number of aliphatic hydroxyl groups is 1. The van der Waals surface area contributed by atoms with Gasteiger partial charge in [0, 0.05) is 18.0 Å². The summed E-state index contributed by atoms with van der Waals surface area (Å²) in [4.78, 5) is 28.0. The Kier molecular flexibility index (Phi) is 9.48. The first-order valence-corrected chi connectivity index (χ1v) is 14.1. The van der Waals surface area contributed by atoms with Gasteiger partial charge in [-0.15, -0.1) is 0 Å². The van der Waals surface area contributed by atoms with Crippen LogP contribution in [0.2, 0.25) is 0 Å². The van der Waals surface area contributed by atoms with E-state index in [1.807, 2.05) is 73.1 Å². The Bertz CT molecular complexity index is 1490. The zero-order valence-electron chi connectivity index (χ0n) is 23.7. The number of nitrogens with zero attached hydrogens (tertiary/aromatic N) is 2. The highest BCUT2D eigenvalue weighted by atomic mass is 16.7. The molecule has 4 atom stereocenters. The molecular formula is C32H36N4O6. The topological polar surface area (TPSA) is 124 Å². The SMILES string of the molecule is CCOC(=O)CNC(=O)NCc1ccc(C2OC(Cn3cnc4ccccc43)C(C)C(c3ccc(CO)cc3)O2)cc1. The van der Waals surface area contributed by atoms with Gasteiger partial charge in [-0.05, 0) is 35.7 Å². The molecule has 0 aliphatic carbocycles. The van der Waals surface area contributed by atoms with Gasteiger partial charge in [0.1, 0.15) is 6.54 Å². The van der Waals surface area contributed by atoms with Crippen LogP contribution in [0.1, 0.15) is 48.5 Å². The van der Waals surface area contributed by atoms with E-state index in [1.54, 1.807) is 6.92 Å². The Morgan fingerprint density at radius 1 is 0.952 bits per heavy atom. The number of hydrogen-bond donors (Lipinski definition) is 3. The summed E-state index contributed by atoms with van der Waals surface area (Å²) < 4.78 is 20.1. The fraction of sp³-hybridized carbons (Fsp3) is 0.344. The second-order valence-electron chi connectivity index (χ2n) is 10.3. The molecule has 1 fully saturated rings. The zero-order chi connectivity index (χ0) is 29.5. The molecule has 5 rings (SSSR count). The molecule has 2 amide bonds. The lowest BCUT2D eigenvalue weighted by molar-refractivity contribution is -0.276. The van der Waals surface area contributed by atoms with Crippen molar-refractivity contribution in [1.82, 2.24) is 20.2 Å². The third-order valence-electron chi connectivity index (χ3n) is 7.43. The zero-order valence-corrected chi connectivity index (χ0v) is 23.7. The van der Waals surface area contributed by atoms with E-state index in [0.717, 1.165) is 33.3 Å². The highest BCUT2D eigenvalue weighted by Gasteiger charge is 2.38. The lowest BCUT2D eigenvalue weighted by Gasteiger charge is -2.41. The molecule has 3 aromatic carbocycles. The van der Waals surface area contributed by atoms with Crippen molar-refractivity contribution in [1.29, 1.82) is 0 Å². The summed E-state index contributed by atoms with van der Waals surface area (Å²) in [5.41, 5.74) is 5.58. The quantitative estimate of drug-likeness (QED) is 0.241. The minimum absolute atomic E-state index is 0.0162. The van der Waals surface area contributed by atoms with Crippen molar-refractivity contribution in [3.05, 3.63) is 101 Å². The van der Waals surface area contributed by atoms with Crippen molar-refractivity contribution < 1.29 is 28.9 Å². The van der Waals surface area contributed by atoms with E-state index in [0.29, 0.717) is 6.54 Å². The number of nitrogens with one attached hydrogen (secondary N) is 2. The summed E-state index contributed by atoms with van der Waals surface area (Å²) >= 11 is 0. The van der Waals surface area contributed by atoms with Crippen molar-refractivity contribution in [3.8, 4) is 0 Å². The second-order valence-corrected chi connectivity index (χ2v) is 10.3. The van der Waals surface area contributed by atoms with Gasteiger partial charge in [0.05, 0.1) is 49.3 Å². The normalized spacial score (nSPS) is 20.3. The van der Waals surface area contributed by atoms with Gasteiger partial charge < -0.3 is 34.5 Å². The molecular weight excluding hydrogens is 536 g/mol. The van der Waals surface area contributed by atoms with Gasteiger partial charge in [0.15, 0.2) is 6.29 Å². The summed E-state index contributed by atoms with van der Waals surface area (Å²) in [6, 6.07) is 23.1. The average molecular weight is 573 g/mol. The molecule has 1 aliphatic rings. The van der Waals surface area contributed by atoms with Crippen LogP contribution in [0.25, 0.3) is 11.0 Å². The van der Waals surface area contributed by atoms with E-state index in [9.17, 15) is 14.7 Å². The molecule has 1 aromatic heterocycles. The number of carbonyl (C=O) groups excluding carboxylic acids is 2. The molecule has 2 heterocycles. The first-order valence-electron chi connectivity index (χ1n) is 14.1. The second kappa shape index (κ2) is 13.6. The molecule has 10 heteroatoms. The Balaban J connectivity index is 1.30. The van der Waals surface area contributed by atoms with Gasteiger partial charge in [0.2, 0.25) is 0 Å². The first-order chi connectivity index (χ1) is 20.4. The molecule has 0 spiro atoms. The smallest absolute Gasteiger partial charge is 0.325 e. The predicted octanol–water partition coefficient (Wildman–Crippen LogP) is 4.38. The highest BCUT2D eigenvalue weighted by molar-refractivity contribution is 5.80. The van der Waals surface area contributed by atoms with Gasteiger partial charge in [-0.3, -0.25) is 4.79 Å². The number of carbonyl (C=O) groups is 2. The number of aliphatic hydroxyl groups excluding tert-OH is 1. The maximum atomic E-state index is 12.0. The van der Waals surface area contributed by atoms with Gasteiger partial charge in [-0.1, -0.05) is 67.6 Å². The maximum Gasteiger partial charge on any atom is 0.325 e. The maximum absolute atomic E-state index is 12.0. The summed E-state index contributed by atoms with van der Waals surface area (Å²) in [5, 5.41) is 14.7. The molecule has 4 aromatic rings. The summed E-state index contributed by atoms with van der Waals surface area (Å²) in [5.74, 6) is -0.458. The standard InChI is InChI=1S/C32H36N4O6/c1-3-40-29(38)17-34-32(39)33-16-22-8-14-25(15-9-22)31-41-28(18-36-20-35-26-6-4-5-7-27(26)36)21(2)30(42-31)24-12-10-23(19-37)11-13-24/h4-15,20-21,28,30-31,37H,3,16-19H2,1-2H3,(H2,33,34,39). The van der Waals surface area contributed by atoms with E-state index >= 15 is 0 Å². The molecule has 0 bridgehead atoms. The van der Waals surface area contributed by atoms with E-state index in [2.05, 4.69) is 33.2 Å². The number of amides is 2. The van der Waals surface area contributed by atoms with Gasteiger partial charge in [-0.25, -0.2) is 9.78 Å². The predicted molar refractivity (Wildman–Crippen MR) is 156 cm³/mol. The number of aromatic nitrogens is 2. The number of hydrogen-bond acceptors (Lipinski definition) is 7. The monoisotopic (exact) mass is 572 g/mol. The van der Waals surface area contributed by atoms with E-state index < -0.39 is 18.3 Å². The van der Waals surface area contributed by atoms with Crippen LogP contribution in [0, 0.1) is 5.92 Å². The van der Waals surface area contributed by atoms with E-state index in [1.165, 1.54) is 0 Å².